The predicted octanol–water partition coefficient (Wildman–Crippen LogP) is 3.34. The van der Waals surface area contributed by atoms with E-state index in [1.54, 1.807) is 18.3 Å². The minimum Gasteiger partial charge on any atom is -0.369 e. The molecular weight excluding hydrogens is 438 g/mol. The number of primary amides is 1. The lowest BCUT2D eigenvalue weighted by Crippen LogP contribution is -2.33. The second-order valence-corrected chi connectivity index (χ2v) is 8.97. The molecule has 4 aromatic rings. The third kappa shape index (κ3) is 5.67. The minimum atomic E-state index is -0.486. The zero-order chi connectivity index (χ0) is 24.0. The molecular formula is C27H31N7O. The molecule has 0 unspecified atom stereocenters. The van der Waals surface area contributed by atoms with Gasteiger partial charge in [-0.1, -0.05) is 36.4 Å². The summed E-state index contributed by atoms with van der Waals surface area (Å²) in [6.45, 7) is 7.30. The average molecular weight is 470 g/mol. The largest absolute Gasteiger partial charge is 0.369 e. The van der Waals surface area contributed by atoms with Crippen molar-refractivity contribution in [3.63, 3.8) is 0 Å². The summed E-state index contributed by atoms with van der Waals surface area (Å²) < 4.78 is 0. The van der Waals surface area contributed by atoms with E-state index in [1.165, 1.54) is 12.0 Å². The Kier molecular flexibility index (Phi) is 7.02. The Balaban J connectivity index is 1.12. The van der Waals surface area contributed by atoms with Crippen LogP contribution in [-0.2, 0) is 6.54 Å². The number of carbonyl (C=O) groups excluding carboxylic acids is 1. The lowest BCUT2D eigenvalue weighted by Gasteiger charge is -2.22. The number of anilines is 1. The van der Waals surface area contributed by atoms with E-state index in [2.05, 4.69) is 60.4 Å². The first-order chi connectivity index (χ1) is 17.2. The molecule has 0 bridgehead atoms. The third-order valence-electron chi connectivity index (χ3n) is 6.48. The molecule has 0 radical (unpaired) electrons. The number of imidazole rings is 1. The Bertz CT molecular complexity index is 1270. The fourth-order valence-corrected chi connectivity index (χ4v) is 4.60. The number of H-pyrrole nitrogens is 1. The first kappa shape index (κ1) is 23.0. The topological polar surface area (TPSA) is 103 Å². The van der Waals surface area contributed by atoms with Crippen molar-refractivity contribution in [1.29, 1.82) is 0 Å². The number of hydrogen-bond donors (Lipinski definition) is 3. The highest BCUT2D eigenvalue weighted by atomic mass is 16.1. The number of benzene rings is 2. The van der Waals surface area contributed by atoms with E-state index >= 15 is 0 Å². The normalized spacial score (nSPS) is 15.2. The zero-order valence-corrected chi connectivity index (χ0v) is 19.8. The summed E-state index contributed by atoms with van der Waals surface area (Å²) >= 11 is 0. The highest BCUT2D eigenvalue weighted by molar-refractivity contribution is 6.04. The number of fused-ring (bicyclic) bond motifs is 1. The molecule has 1 saturated heterocycles. The fraction of sp³-hybridized carbons (Fsp3) is 0.296. The van der Waals surface area contributed by atoms with E-state index in [4.69, 9.17) is 5.73 Å². The van der Waals surface area contributed by atoms with Gasteiger partial charge in [-0.05, 0) is 49.3 Å². The number of rotatable bonds is 8. The first-order valence-corrected chi connectivity index (χ1v) is 12.1. The van der Waals surface area contributed by atoms with E-state index < -0.39 is 5.91 Å². The van der Waals surface area contributed by atoms with Crippen molar-refractivity contribution in [2.24, 2.45) is 5.73 Å². The van der Waals surface area contributed by atoms with Gasteiger partial charge in [0.1, 0.15) is 17.2 Å². The SMILES string of the molecule is NC(=O)c1cccc2[nH]c(-c3ccc(NCCN4CCCN(Cc5ccccc5)CC4)nc3)nc12. The standard InChI is InChI=1S/C27H31N7O/c28-26(35)22-8-4-9-23-25(22)32-27(31-23)21-10-11-24(30-18-21)29-12-15-33-13-5-14-34(17-16-33)19-20-6-2-1-3-7-20/h1-4,6-11,18H,5,12-17,19H2,(H2,28,35)(H,29,30)(H,31,32). The van der Waals surface area contributed by atoms with Gasteiger partial charge in [0.25, 0.3) is 5.91 Å². The molecule has 0 spiro atoms. The smallest absolute Gasteiger partial charge is 0.250 e. The number of nitrogens with two attached hydrogens (primary N) is 1. The van der Waals surface area contributed by atoms with Crippen LogP contribution in [0.4, 0.5) is 5.82 Å². The van der Waals surface area contributed by atoms with Gasteiger partial charge in [-0.25, -0.2) is 9.97 Å². The number of pyridine rings is 1. The molecule has 5 rings (SSSR count). The van der Waals surface area contributed by atoms with Crippen LogP contribution in [0, 0.1) is 0 Å². The van der Waals surface area contributed by atoms with Crippen LogP contribution in [0.2, 0.25) is 0 Å². The number of para-hydroxylation sites is 1. The molecule has 8 nitrogen and oxygen atoms in total. The van der Waals surface area contributed by atoms with E-state index in [0.29, 0.717) is 16.9 Å². The Labute approximate surface area is 205 Å². The quantitative estimate of drug-likeness (QED) is 0.366. The summed E-state index contributed by atoms with van der Waals surface area (Å²) in [7, 11) is 0. The summed E-state index contributed by atoms with van der Waals surface area (Å²) in [5.41, 5.74) is 9.48. The maximum absolute atomic E-state index is 11.7. The summed E-state index contributed by atoms with van der Waals surface area (Å²) in [6, 6.07) is 20.0. The van der Waals surface area contributed by atoms with E-state index in [0.717, 1.165) is 62.7 Å². The minimum absolute atomic E-state index is 0.410. The number of amides is 1. The maximum Gasteiger partial charge on any atom is 0.250 e. The van der Waals surface area contributed by atoms with Gasteiger partial charge in [0, 0.05) is 44.5 Å². The average Bonchev–Trinajstić information content (AvgIpc) is 3.20. The Hall–Kier alpha value is -3.75. The molecule has 3 heterocycles. The van der Waals surface area contributed by atoms with Crippen LogP contribution in [0.3, 0.4) is 0 Å². The molecule has 0 saturated carbocycles. The van der Waals surface area contributed by atoms with Crippen molar-refractivity contribution in [3.8, 4) is 11.4 Å². The fourth-order valence-electron chi connectivity index (χ4n) is 4.60. The number of hydrogen-bond acceptors (Lipinski definition) is 6. The van der Waals surface area contributed by atoms with Crippen molar-refractivity contribution in [2.45, 2.75) is 13.0 Å². The lowest BCUT2D eigenvalue weighted by atomic mass is 10.2. The van der Waals surface area contributed by atoms with Gasteiger partial charge in [-0.3, -0.25) is 9.69 Å². The number of aromatic amines is 1. The monoisotopic (exact) mass is 469 g/mol. The van der Waals surface area contributed by atoms with E-state index in [9.17, 15) is 4.79 Å². The van der Waals surface area contributed by atoms with Crippen molar-refractivity contribution in [1.82, 2.24) is 24.8 Å². The van der Waals surface area contributed by atoms with Crippen LogP contribution in [0.25, 0.3) is 22.4 Å². The molecule has 8 heteroatoms. The van der Waals surface area contributed by atoms with Crippen LogP contribution in [0.5, 0.6) is 0 Å². The Morgan fingerprint density at radius 3 is 2.60 bits per heavy atom. The van der Waals surface area contributed by atoms with Crippen LogP contribution >= 0.6 is 0 Å². The van der Waals surface area contributed by atoms with Gasteiger partial charge in [0.2, 0.25) is 0 Å². The molecule has 4 N–H and O–H groups in total. The van der Waals surface area contributed by atoms with Crippen molar-refractivity contribution in [2.75, 3.05) is 44.6 Å². The Morgan fingerprint density at radius 1 is 0.971 bits per heavy atom. The van der Waals surface area contributed by atoms with Gasteiger partial charge in [0.15, 0.2) is 0 Å². The molecule has 35 heavy (non-hydrogen) atoms. The van der Waals surface area contributed by atoms with Gasteiger partial charge in [-0.15, -0.1) is 0 Å². The van der Waals surface area contributed by atoms with Crippen molar-refractivity contribution >= 4 is 22.8 Å². The zero-order valence-electron chi connectivity index (χ0n) is 19.8. The second-order valence-electron chi connectivity index (χ2n) is 8.97. The second kappa shape index (κ2) is 10.7. The number of carbonyl (C=O) groups is 1. The van der Waals surface area contributed by atoms with Gasteiger partial charge in [-0.2, -0.15) is 0 Å². The molecule has 180 valence electrons. The molecule has 2 aromatic carbocycles. The molecule has 2 aromatic heterocycles. The van der Waals surface area contributed by atoms with Crippen molar-refractivity contribution in [3.05, 3.63) is 78.0 Å². The van der Waals surface area contributed by atoms with Crippen LogP contribution in [0.15, 0.2) is 66.9 Å². The first-order valence-electron chi connectivity index (χ1n) is 12.1. The maximum atomic E-state index is 11.7. The number of nitrogens with zero attached hydrogens (tertiary/aromatic N) is 4. The lowest BCUT2D eigenvalue weighted by molar-refractivity contribution is 0.100. The summed E-state index contributed by atoms with van der Waals surface area (Å²) in [6.07, 6.45) is 2.98. The molecule has 1 aliphatic heterocycles. The number of aromatic nitrogens is 3. The van der Waals surface area contributed by atoms with Crippen LogP contribution in [0.1, 0.15) is 22.3 Å². The van der Waals surface area contributed by atoms with Gasteiger partial charge < -0.3 is 20.9 Å². The molecule has 0 atom stereocenters. The van der Waals surface area contributed by atoms with E-state index in [-0.39, 0.29) is 0 Å². The van der Waals surface area contributed by atoms with Gasteiger partial charge in [0.05, 0.1) is 11.1 Å². The highest BCUT2D eigenvalue weighted by Gasteiger charge is 2.15. The number of nitrogens with one attached hydrogen (secondary N) is 2. The Morgan fingerprint density at radius 2 is 1.80 bits per heavy atom. The molecule has 1 fully saturated rings. The van der Waals surface area contributed by atoms with Crippen molar-refractivity contribution < 1.29 is 4.79 Å². The molecule has 0 aliphatic carbocycles. The summed E-state index contributed by atoms with van der Waals surface area (Å²) in [5.74, 6) is 1.01. The van der Waals surface area contributed by atoms with Crippen LogP contribution < -0.4 is 11.1 Å². The molecule has 1 amide bonds. The van der Waals surface area contributed by atoms with Gasteiger partial charge >= 0.3 is 0 Å². The van der Waals surface area contributed by atoms with E-state index in [1.807, 2.05) is 18.2 Å². The summed E-state index contributed by atoms with van der Waals surface area (Å²) in [5, 5.41) is 3.43. The third-order valence-corrected chi connectivity index (χ3v) is 6.48. The highest BCUT2D eigenvalue weighted by Crippen LogP contribution is 2.23. The molecule has 1 aliphatic rings. The predicted molar refractivity (Wildman–Crippen MR) is 139 cm³/mol. The summed E-state index contributed by atoms with van der Waals surface area (Å²) in [4.78, 5) is 29.1. The van der Waals surface area contributed by atoms with Crippen LogP contribution in [-0.4, -0.2) is 69.9 Å².